The van der Waals surface area contributed by atoms with E-state index in [1.54, 1.807) is 6.20 Å². The molecule has 0 bridgehead atoms. The Morgan fingerprint density at radius 2 is 1.93 bits per heavy atom. The van der Waals surface area contributed by atoms with Crippen LogP contribution in [0.1, 0.15) is 36.7 Å². The number of nitrogens with zero attached hydrogens (tertiary/aromatic N) is 2. The van der Waals surface area contributed by atoms with Crippen LogP contribution < -0.4 is 10.1 Å². The number of aliphatic hydroxyl groups is 1. The fraction of sp³-hybridized carbons (Fsp3) is 0.364. The SMILES string of the molecule is Cc1cnc2cc3c(cc2n1)OC(C)(C)[C@H](O)[C@H]3NCCc1ccccc1. The van der Waals surface area contributed by atoms with Gasteiger partial charge in [0.15, 0.2) is 0 Å². The smallest absolute Gasteiger partial charge is 0.131 e. The van der Waals surface area contributed by atoms with Crippen LogP contribution in [0, 0.1) is 6.92 Å². The van der Waals surface area contributed by atoms with Crippen LogP contribution in [0.15, 0.2) is 48.7 Å². The van der Waals surface area contributed by atoms with Crippen molar-refractivity contribution in [2.24, 2.45) is 0 Å². The Hall–Kier alpha value is -2.50. The van der Waals surface area contributed by atoms with Gasteiger partial charge in [-0.25, -0.2) is 4.98 Å². The van der Waals surface area contributed by atoms with Crippen molar-refractivity contribution in [3.05, 3.63) is 65.5 Å². The van der Waals surface area contributed by atoms with E-state index in [1.165, 1.54) is 5.56 Å². The van der Waals surface area contributed by atoms with Gasteiger partial charge >= 0.3 is 0 Å². The Morgan fingerprint density at radius 1 is 1.15 bits per heavy atom. The Labute approximate surface area is 159 Å². The third-order valence-corrected chi connectivity index (χ3v) is 5.15. The van der Waals surface area contributed by atoms with Crippen LogP contribution in [0.4, 0.5) is 0 Å². The highest BCUT2D eigenvalue weighted by Gasteiger charge is 2.42. The van der Waals surface area contributed by atoms with Crippen LogP contribution in [0.2, 0.25) is 0 Å². The number of aryl methyl sites for hydroxylation is 1. The minimum Gasteiger partial charge on any atom is -0.485 e. The maximum absolute atomic E-state index is 10.9. The van der Waals surface area contributed by atoms with Crippen LogP contribution in [-0.2, 0) is 6.42 Å². The van der Waals surface area contributed by atoms with Gasteiger partial charge < -0.3 is 15.2 Å². The van der Waals surface area contributed by atoms with Crippen molar-refractivity contribution in [1.29, 1.82) is 0 Å². The number of rotatable bonds is 4. The van der Waals surface area contributed by atoms with Gasteiger partial charge in [0.2, 0.25) is 0 Å². The maximum Gasteiger partial charge on any atom is 0.131 e. The molecule has 140 valence electrons. The fourth-order valence-corrected chi connectivity index (χ4v) is 3.63. The molecule has 2 N–H and O–H groups in total. The maximum atomic E-state index is 10.9. The van der Waals surface area contributed by atoms with E-state index < -0.39 is 11.7 Å². The highest BCUT2D eigenvalue weighted by Crippen LogP contribution is 2.41. The summed E-state index contributed by atoms with van der Waals surface area (Å²) in [4.78, 5) is 9.04. The van der Waals surface area contributed by atoms with Crippen molar-refractivity contribution >= 4 is 11.0 Å². The Bertz CT molecular complexity index is 956. The van der Waals surface area contributed by atoms with Gasteiger partial charge in [0.25, 0.3) is 0 Å². The molecule has 1 aromatic heterocycles. The lowest BCUT2D eigenvalue weighted by molar-refractivity contribution is -0.0642. The molecule has 4 rings (SSSR count). The summed E-state index contributed by atoms with van der Waals surface area (Å²) in [6.07, 6.45) is 1.99. The van der Waals surface area contributed by atoms with Crippen molar-refractivity contribution in [2.75, 3.05) is 6.54 Å². The predicted octanol–water partition coefficient (Wildman–Crippen LogP) is 3.34. The molecule has 27 heavy (non-hydrogen) atoms. The van der Waals surface area contributed by atoms with E-state index in [9.17, 15) is 5.11 Å². The Balaban J connectivity index is 1.65. The van der Waals surface area contributed by atoms with Crippen molar-refractivity contribution in [3.63, 3.8) is 0 Å². The molecule has 1 aliphatic heterocycles. The zero-order valence-corrected chi connectivity index (χ0v) is 15.9. The molecule has 0 saturated heterocycles. The van der Waals surface area contributed by atoms with E-state index in [0.29, 0.717) is 0 Å². The molecule has 0 fully saturated rings. The topological polar surface area (TPSA) is 67.3 Å². The van der Waals surface area contributed by atoms with Crippen LogP contribution in [0.25, 0.3) is 11.0 Å². The zero-order chi connectivity index (χ0) is 19.0. The van der Waals surface area contributed by atoms with Crippen molar-refractivity contribution in [3.8, 4) is 5.75 Å². The van der Waals surface area contributed by atoms with E-state index in [1.807, 2.05) is 51.1 Å². The quantitative estimate of drug-likeness (QED) is 0.744. The fourth-order valence-electron chi connectivity index (χ4n) is 3.63. The first-order chi connectivity index (χ1) is 12.9. The number of ether oxygens (including phenoxy) is 1. The number of aromatic nitrogens is 2. The highest BCUT2D eigenvalue weighted by atomic mass is 16.5. The number of hydrogen-bond acceptors (Lipinski definition) is 5. The summed E-state index contributed by atoms with van der Waals surface area (Å²) in [5.74, 6) is 0.759. The lowest BCUT2D eigenvalue weighted by Gasteiger charge is -2.42. The molecule has 0 unspecified atom stereocenters. The van der Waals surface area contributed by atoms with Gasteiger partial charge in [-0.15, -0.1) is 0 Å². The Morgan fingerprint density at radius 3 is 2.70 bits per heavy atom. The average molecular weight is 363 g/mol. The molecule has 0 aliphatic carbocycles. The summed E-state index contributed by atoms with van der Waals surface area (Å²) in [7, 11) is 0. The summed E-state index contributed by atoms with van der Waals surface area (Å²) < 4.78 is 6.12. The molecular formula is C22H25N3O2. The van der Waals surface area contributed by atoms with Crippen LogP contribution in [0.3, 0.4) is 0 Å². The molecule has 2 atom stereocenters. The predicted molar refractivity (Wildman–Crippen MR) is 106 cm³/mol. The molecule has 0 radical (unpaired) electrons. The number of aliphatic hydroxyl groups excluding tert-OH is 1. The normalized spacial score (nSPS) is 20.9. The second-order valence-electron chi connectivity index (χ2n) is 7.71. The first kappa shape index (κ1) is 17.9. The van der Waals surface area contributed by atoms with Gasteiger partial charge in [0.1, 0.15) is 17.5 Å². The third-order valence-electron chi connectivity index (χ3n) is 5.15. The molecule has 1 aliphatic rings. The van der Waals surface area contributed by atoms with E-state index in [-0.39, 0.29) is 6.04 Å². The van der Waals surface area contributed by atoms with Gasteiger partial charge in [0.05, 0.1) is 22.8 Å². The summed E-state index contributed by atoms with van der Waals surface area (Å²) >= 11 is 0. The lowest BCUT2D eigenvalue weighted by atomic mass is 9.86. The molecule has 2 aromatic carbocycles. The van der Waals surface area contributed by atoms with Crippen molar-refractivity contribution in [1.82, 2.24) is 15.3 Å². The van der Waals surface area contributed by atoms with E-state index in [2.05, 4.69) is 27.4 Å². The van der Waals surface area contributed by atoms with Crippen LogP contribution >= 0.6 is 0 Å². The van der Waals surface area contributed by atoms with Crippen LogP contribution in [-0.4, -0.2) is 33.3 Å². The monoisotopic (exact) mass is 363 g/mol. The molecule has 0 spiro atoms. The minimum absolute atomic E-state index is 0.222. The van der Waals surface area contributed by atoms with E-state index in [4.69, 9.17) is 4.74 Å². The highest BCUT2D eigenvalue weighted by molar-refractivity contribution is 5.78. The number of fused-ring (bicyclic) bond motifs is 2. The van der Waals surface area contributed by atoms with E-state index >= 15 is 0 Å². The Kier molecular flexibility index (Phi) is 4.58. The molecule has 3 aromatic rings. The largest absolute Gasteiger partial charge is 0.485 e. The van der Waals surface area contributed by atoms with Gasteiger partial charge in [-0.1, -0.05) is 30.3 Å². The summed E-state index contributed by atoms with van der Waals surface area (Å²) in [6, 6.07) is 14.0. The van der Waals surface area contributed by atoms with Gasteiger partial charge in [-0.05, 0) is 45.4 Å². The molecule has 2 heterocycles. The first-order valence-corrected chi connectivity index (χ1v) is 9.36. The second-order valence-corrected chi connectivity index (χ2v) is 7.71. The molecule has 0 amide bonds. The van der Waals surface area contributed by atoms with Crippen molar-refractivity contribution < 1.29 is 9.84 Å². The number of hydrogen-bond donors (Lipinski definition) is 2. The lowest BCUT2D eigenvalue weighted by Crippen LogP contribution is -2.52. The number of nitrogens with one attached hydrogen (secondary N) is 1. The van der Waals surface area contributed by atoms with E-state index in [0.717, 1.165) is 41.0 Å². The molecule has 5 nitrogen and oxygen atoms in total. The minimum atomic E-state index is -0.692. The van der Waals surface area contributed by atoms with Crippen LogP contribution in [0.5, 0.6) is 5.75 Å². The van der Waals surface area contributed by atoms with Gasteiger partial charge in [0, 0.05) is 17.8 Å². The average Bonchev–Trinajstić information content (AvgIpc) is 2.64. The third kappa shape index (κ3) is 3.53. The first-order valence-electron chi connectivity index (χ1n) is 9.36. The molecule has 5 heteroatoms. The second kappa shape index (κ2) is 6.91. The summed E-state index contributed by atoms with van der Waals surface area (Å²) in [6.45, 7) is 6.52. The summed E-state index contributed by atoms with van der Waals surface area (Å²) in [5.41, 5.74) is 4.00. The number of benzene rings is 2. The van der Waals surface area contributed by atoms with Crippen molar-refractivity contribution in [2.45, 2.75) is 44.9 Å². The summed E-state index contributed by atoms with van der Waals surface area (Å²) in [5, 5.41) is 14.5. The standard InChI is InChI=1S/C22H25N3O2/c1-14-13-24-17-11-16-19(12-18(17)25-14)27-22(2,3)21(26)20(16)23-10-9-15-7-5-4-6-8-15/h4-8,11-13,20-21,23,26H,9-10H2,1-3H3/t20-,21+/m0/s1. The molecular weight excluding hydrogens is 338 g/mol. The molecule has 0 saturated carbocycles. The zero-order valence-electron chi connectivity index (χ0n) is 15.9. The van der Waals surface area contributed by atoms with Gasteiger partial charge in [-0.3, -0.25) is 4.98 Å². The van der Waals surface area contributed by atoms with Gasteiger partial charge in [-0.2, -0.15) is 0 Å².